The Balaban J connectivity index is 1.67. The Bertz CT molecular complexity index is 1430. The van der Waals surface area contributed by atoms with Crippen molar-refractivity contribution in [2.75, 3.05) is 0 Å². The van der Waals surface area contributed by atoms with Gasteiger partial charge in [-0.3, -0.25) is 0 Å². The van der Waals surface area contributed by atoms with Crippen molar-refractivity contribution in [3.8, 4) is 22.6 Å². The van der Waals surface area contributed by atoms with Crippen LogP contribution in [0.4, 0.5) is 0 Å². The number of carbonyl (C=O) groups is 2. The van der Waals surface area contributed by atoms with Crippen LogP contribution >= 0.6 is 0 Å². The molecule has 0 amide bonds. The van der Waals surface area contributed by atoms with Crippen molar-refractivity contribution >= 4 is 11.9 Å². The number of hydrogen-bond acceptors (Lipinski definition) is 4. The average molecular weight is 543 g/mol. The van der Waals surface area contributed by atoms with E-state index in [1.165, 1.54) is 30.4 Å². The van der Waals surface area contributed by atoms with Crippen LogP contribution in [0.3, 0.4) is 0 Å². The minimum Gasteiger partial charge on any atom is -0.423 e. The van der Waals surface area contributed by atoms with E-state index in [-0.39, 0.29) is 0 Å². The van der Waals surface area contributed by atoms with E-state index in [9.17, 15) is 9.59 Å². The van der Waals surface area contributed by atoms with E-state index < -0.39 is 17.4 Å². The first-order valence-electron chi connectivity index (χ1n) is 14.1. The predicted octanol–water partition coefficient (Wildman–Crippen LogP) is 8.45. The molecule has 4 heteroatoms. The molecule has 4 aromatic rings. The van der Waals surface area contributed by atoms with Crippen molar-refractivity contribution in [2.24, 2.45) is 5.92 Å². The number of hydrogen-bond donors (Lipinski definition) is 0. The summed E-state index contributed by atoms with van der Waals surface area (Å²) in [5.41, 5.74) is 5.28. The lowest BCUT2D eigenvalue weighted by atomic mass is 9.58. The van der Waals surface area contributed by atoms with Crippen molar-refractivity contribution in [3.05, 3.63) is 145 Å². The summed E-state index contributed by atoms with van der Waals surface area (Å²) < 4.78 is 10.8. The molecule has 0 heterocycles. The molecule has 1 aliphatic rings. The second-order valence-electron chi connectivity index (χ2n) is 10.4. The first-order chi connectivity index (χ1) is 20.0. The van der Waals surface area contributed by atoms with Crippen molar-refractivity contribution in [2.45, 2.75) is 37.5 Å². The number of rotatable bonds is 9. The zero-order chi connectivity index (χ0) is 28.7. The minimum atomic E-state index is -0.488. The maximum Gasteiger partial charge on any atom is 0.335 e. The summed E-state index contributed by atoms with van der Waals surface area (Å²) in [7, 11) is 0. The van der Waals surface area contributed by atoms with E-state index in [2.05, 4.69) is 86.0 Å². The molecule has 206 valence electrons. The summed E-state index contributed by atoms with van der Waals surface area (Å²) in [5.74, 6) is 0.307. The minimum absolute atomic E-state index is 0.335. The summed E-state index contributed by atoms with van der Waals surface area (Å²) >= 11 is 0. The van der Waals surface area contributed by atoms with Crippen LogP contribution in [0.1, 0.15) is 48.8 Å². The average Bonchev–Trinajstić information content (AvgIpc) is 3.04. The fraction of sp³-hybridized carbons (Fsp3) is 0.189. The lowest BCUT2D eigenvalue weighted by molar-refractivity contribution is -0.129. The molecule has 1 aliphatic carbocycles. The second-order valence-corrected chi connectivity index (χ2v) is 10.4. The molecule has 0 bridgehead atoms. The first-order valence-corrected chi connectivity index (χ1v) is 14.1. The van der Waals surface area contributed by atoms with Gasteiger partial charge in [0.2, 0.25) is 0 Å². The van der Waals surface area contributed by atoms with Gasteiger partial charge in [0, 0.05) is 17.6 Å². The van der Waals surface area contributed by atoms with Crippen LogP contribution < -0.4 is 9.47 Å². The molecule has 0 atom stereocenters. The maximum atomic E-state index is 11.9. The van der Waals surface area contributed by atoms with Gasteiger partial charge in [0.05, 0.1) is 0 Å². The van der Waals surface area contributed by atoms with E-state index in [0.717, 1.165) is 41.7 Å². The number of esters is 2. The smallest absolute Gasteiger partial charge is 0.335 e. The van der Waals surface area contributed by atoms with Crippen molar-refractivity contribution in [1.29, 1.82) is 0 Å². The van der Waals surface area contributed by atoms with E-state index in [1.807, 2.05) is 30.3 Å². The molecule has 0 N–H and O–H groups in total. The molecule has 0 spiro atoms. The van der Waals surface area contributed by atoms with E-state index in [0.29, 0.717) is 17.4 Å². The summed E-state index contributed by atoms with van der Waals surface area (Å²) in [6.07, 6.45) is 8.05. The molecule has 1 saturated carbocycles. The van der Waals surface area contributed by atoms with Crippen LogP contribution in [-0.2, 0) is 15.0 Å². The third-order valence-corrected chi connectivity index (χ3v) is 8.05. The SMILES string of the molecule is C=CC(=O)Oc1ccc(C(c2ccc(OC(=O)C=C)cc2)(c2ccc(-c3ccccc3)cc2)C2CCCCC2)cc1. The first kappa shape index (κ1) is 27.9. The molecule has 0 aromatic heterocycles. The topological polar surface area (TPSA) is 52.6 Å². The lowest BCUT2D eigenvalue weighted by Crippen LogP contribution is -2.39. The summed E-state index contributed by atoms with van der Waals surface area (Å²) in [5, 5.41) is 0. The van der Waals surface area contributed by atoms with Crippen LogP contribution in [-0.4, -0.2) is 11.9 Å². The van der Waals surface area contributed by atoms with Gasteiger partial charge in [0.1, 0.15) is 11.5 Å². The van der Waals surface area contributed by atoms with E-state index in [1.54, 1.807) is 0 Å². The highest BCUT2D eigenvalue weighted by Crippen LogP contribution is 2.51. The highest BCUT2D eigenvalue weighted by Gasteiger charge is 2.44. The zero-order valence-electron chi connectivity index (χ0n) is 23.1. The fourth-order valence-corrected chi connectivity index (χ4v) is 6.19. The van der Waals surface area contributed by atoms with Gasteiger partial charge in [-0.25, -0.2) is 9.59 Å². The highest BCUT2D eigenvalue weighted by molar-refractivity contribution is 5.83. The van der Waals surface area contributed by atoms with Gasteiger partial charge in [-0.1, -0.05) is 111 Å². The Morgan fingerprint density at radius 3 is 1.44 bits per heavy atom. The third-order valence-electron chi connectivity index (χ3n) is 8.05. The molecule has 4 nitrogen and oxygen atoms in total. The Morgan fingerprint density at radius 1 is 0.585 bits per heavy atom. The molecule has 0 saturated heterocycles. The van der Waals surface area contributed by atoms with Crippen LogP contribution in [0.25, 0.3) is 11.1 Å². The quantitative estimate of drug-likeness (QED) is 0.0921. The van der Waals surface area contributed by atoms with Crippen LogP contribution in [0.15, 0.2) is 128 Å². The third kappa shape index (κ3) is 5.92. The lowest BCUT2D eigenvalue weighted by Gasteiger charge is -2.45. The molecule has 0 unspecified atom stereocenters. The van der Waals surface area contributed by atoms with Crippen molar-refractivity contribution < 1.29 is 19.1 Å². The number of benzene rings is 4. The maximum absolute atomic E-state index is 11.9. The summed E-state index contributed by atoms with van der Waals surface area (Å²) in [4.78, 5) is 23.7. The Kier molecular flexibility index (Phi) is 8.59. The molecular formula is C37H34O4. The number of ether oxygens (including phenoxy) is 2. The molecule has 0 radical (unpaired) electrons. The van der Waals surface area contributed by atoms with Gasteiger partial charge in [-0.2, -0.15) is 0 Å². The van der Waals surface area contributed by atoms with Crippen molar-refractivity contribution in [1.82, 2.24) is 0 Å². The van der Waals surface area contributed by atoms with E-state index >= 15 is 0 Å². The summed E-state index contributed by atoms with van der Waals surface area (Å²) in [6, 6.07) is 34.9. The molecule has 0 aliphatic heterocycles. The molecule has 5 rings (SSSR count). The van der Waals surface area contributed by atoms with Crippen LogP contribution in [0.5, 0.6) is 11.5 Å². The van der Waals surface area contributed by atoms with E-state index in [4.69, 9.17) is 9.47 Å². The van der Waals surface area contributed by atoms with Gasteiger partial charge in [0.25, 0.3) is 0 Å². The summed E-state index contributed by atoms with van der Waals surface area (Å²) in [6.45, 7) is 7.00. The van der Waals surface area contributed by atoms with Gasteiger partial charge >= 0.3 is 11.9 Å². The normalized spacial score (nSPS) is 13.7. The van der Waals surface area contributed by atoms with Crippen molar-refractivity contribution in [3.63, 3.8) is 0 Å². The monoisotopic (exact) mass is 542 g/mol. The van der Waals surface area contributed by atoms with Gasteiger partial charge in [-0.15, -0.1) is 0 Å². The molecular weight excluding hydrogens is 508 g/mol. The fourth-order valence-electron chi connectivity index (χ4n) is 6.19. The number of carbonyl (C=O) groups excluding carboxylic acids is 2. The van der Waals surface area contributed by atoms with Crippen LogP contribution in [0, 0.1) is 5.92 Å². The Morgan fingerprint density at radius 2 is 1.00 bits per heavy atom. The van der Waals surface area contributed by atoms with Gasteiger partial charge in [-0.05, 0) is 70.8 Å². The second kappa shape index (κ2) is 12.6. The molecule has 4 aromatic carbocycles. The standard InChI is InChI=1S/C37H34O4/c1-3-35(38)40-33-23-19-31(20-24-33)37(29-13-9-6-10-14-29,32-21-25-34(26-22-32)41-36(39)4-2)30-17-15-28(16-18-30)27-11-7-5-8-12-27/h3-5,7-8,11-12,15-26,29H,1-2,6,9-10,13-14H2. The molecule has 41 heavy (non-hydrogen) atoms. The zero-order valence-corrected chi connectivity index (χ0v) is 23.1. The molecule has 1 fully saturated rings. The van der Waals surface area contributed by atoms with Gasteiger partial charge < -0.3 is 9.47 Å². The van der Waals surface area contributed by atoms with Gasteiger partial charge in [0.15, 0.2) is 0 Å². The Hall–Kier alpha value is -4.70. The van der Waals surface area contributed by atoms with Crippen LogP contribution in [0.2, 0.25) is 0 Å². The highest BCUT2D eigenvalue weighted by atomic mass is 16.5. The Labute approximate surface area is 242 Å². The predicted molar refractivity (Wildman–Crippen MR) is 163 cm³/mol. The largest absolute Gasteiger partial charge is 0.423 e.